The summed E-state index contributed by atoms with van der Waals surface area (Å²) in [7, 11) is 0. The fourth-order valence-electron chi connectivity index (χ4n) is 1.01. The zero-order chi connectivity index (χ0) is 10.6. The van der Waals surface area contributed by atoms with E-state index in [-0.39, 0.29) is 11.7 Å². The zero-order valence-corrected chi connectivity index (χ0v) is 7.91. The second-order valence-electron chi connectivity index (χ2n) is 2.83. The SMILES string of the molecule is C=CC(=O)Nc1cccc(C(C)=O)c1. The Morgan fingerprint density at radius 1 is 1.43 bits per heavy atom. The van der Waals surface area contributed by atoms with Crippen LogP contribution in [0.5, 0.6) is 0 Å². The predicted octanol–water partition coefficient (Wildman–Crippen LogP) is 2.01. The van der Waals surface area contributed by atoms with E-state index in [4.69, 9.17) is 0 Å². The van der Waals surface area contributed by atoms with Crippen molar-refractivity contribution in [3.05, 3.63) is 42.5 Å². The molecule has 3 heteroatoms. The largest absolute Gasteiger partial charge is 0.323 e. The molecule has 0 heterocycles. The summed E-state index contributed by atoms with van der Waals surface area (Å²) in [5.41, 5.74) is 1.18. The molecule has 0 aromatic heterocycles. The molecular formula is C11H11NO2. The summed E-state index contributed by atoms with van der Waals surface area (Å²) in [6, 6.07) is 6.76. The van der Waals surface area contributed by atoms with Crippen LogP contribution in [0.1, 0.15) is 17.3 Å². The van der Waals surface area contributed by atoms with E-state index in [1.165, 1.54) is 13.0 Å². The Labute approximate surface area is 82.4 Å². The molecule has 0 unspecified atom stereocenters. The highest BCUT2D eigenvalue weighted by molar-refractivity contribution is 6.00. The molecule has 72 valence electrons. The second-order valence-corrected chi connectivity index (χ2v) is 2.83. The van der Waals surface area contributed by atoms with Crippen molar-refractivity contribution in [1.29, 1.82) is 0 Å². The molecule has 0 aliphatic heterocycles. The van der Waals surface area contributed by atoms with Crippen LogP contribution in [0.2, 0.25) is 0 Å². The van der Waals surface area contributed by atoms with Crippen LogP contribution in [0.4, 0.5) is 5.69 Å². The lowest BCUT2D eigenvalue weighted by atomic mass is 10.1. The molecule has 0 spiro atoms. The lowest BCUT2D eigenvalue weighted by Gasteiger charge is -2.02. The van der Waals surface area contributed by atoms with Gasteiger partial charge in [-0.15, -0.1) is 0 Å². The van der Waals surface area contributed by atoms with E-state index in [9.17, 15) is 9.59 Å². The minimum atomic E-state index is -0.286. The van der Waals surface area contributed by atoms with E-state index in [0.717, 1.165) is 0 Å². The third-order valence-electron chi connectivity index (χ3n) is 1.72. The van der Waals surface area contributed by atoms with Crippen LogP contribution in [-0.4, -0.2) is 11.7 Å². The number of rotatable bonds is 3. The monoisotopic (exact) mass is 189 g/mol. The minimum Gasteiger partial charge on any atom is -0.323 e. The molecule has 0 atom stereocenters. The van der Waals surface area contributed by atoms with Crippen molar-refractivity contribution in [2.24, 2.45) is 0 Å². The summed E-state index contributed by atoms with van der Waals surface area (Å²) >= 11 is 0. The smallest absolute Gasteiger partial charge is 0.247 e. The van der Waals surface area contributed by atoms with Gasteiger partial charge in [-0.2, -0.15) is 0 Å². The molecule has 1 amide bonds. The maximum atomic E-state index is 11.0. The maximum Gasteiger partial charge on any atom is 0.247 e. The van der Waals surface area contributed by atoms with Crippen molar-refractivity contribution in [2.75, 3.05) is 5.32 Å². The normalized spacial score (nSPS) is 9.21. The van der Waals surface area contributed by atoms with Crippen molar-refractivity contribution in [3.63, 3.8) is 0 Å². The van der Waals surface area contributed by atoms with E-state index < -0.39 is 0 Å². The van der Waals surface area contributed by atoms with Gasteiger partial charge in [-0.3, -0.25) is 9.59 Å². The van der Waals surface area contributed by atoms with Crippen molar-refractivity contribution in [1.82, 2.24) is 0 Å². The van der Waals surface area contributed by atoms with Gasteiger partial charge in [0.2, 0.25) is 5.91 Å². The first-order chi connectivity index (χ1) is 6.63. The van der Waals surface area contributed by atoms with E-state index >= 15 is 0 Å². The number of amides is 1. The Kier molecular flexibility index (Phi) is 3.18. The van der Waals surface area contributed by atoms with E-state index in [2.05, 4.69) is 11.9 Å². The Balaban J connectivity index is 2.88. The molecule has 1 N–H and O–H groups in total. The number of carbonyl (C=O) groups is 2. The number of hydrogen-bond donors (Lipinski definition) is 1. The highest BCUT2D eigenvalue weighted by atomic mass is 16.1. The van der Waals surface area contributed by atoms with Crippen LogP contribution >= 0.6 is 0 Å². The summed E-state index contributed by atoms with van der Waals surface area (Å²) in [4.78, 5) is 22.0. The Hall–Kier alpha value is -1.90. The molecule has 0 fully saturated rings. The molecule has 0 aliphatic carbocycles. The standard InChI is InChI=1S/C11H11NO2/c1-3-11(14)12-10-6-4-5-9(7-10)8(2)13/h3-7H,1H2,2H3,(H,12,14). The van der Waals surface area contributed by atoms with Gasteiger partial charge in [0.1, 0.15) is 0 Å². The third kappa shape index (κ3) is 2.55. The Morgan fingerprint density at radius 3 is 2.71 bits per heavy atom. The van der Waals surface area contributed by atoms with Crippen LogP contribution in [0, 0.1) is 0 Å². The van der Waals surface area contributed by atoms with Gasteiger partial charge in [-0.25, -0.2) is 0 Å². The molecular weight excluding hydrogens is 178 g/mol. The second kappa shape index (κ2) is 4.37. The number of ketones is 1. The summed E-state index contributed by atoms with van der Waals surface area (Å²) < 4.78 is 0. The molecule has 0 bridgehead atoms. The van der Waals surface area contributed by atoms with E-state index in [1.807, 2.05) is 0 Å². The van der Waals surface area contributed by atoms with Crippen molar-refractivity contribution < 1.29 is 9.59 Å². The quantitative estimate of drug-likeness (QED) is 0.584. The molecule has 0 saturated heterocycles. The van der Waals surface area contributed by atoms with Gasteiger partial charge in [0.15, 0.2) is 5.78 Å². The van der Waals surface area contributed by atoms with Gasteiger partial charge >= 0.3 is 0 Å². The molecule has 0 aliphatic rings. The summed E-state index contributed by atoms with van der Waals surface area (Å²) in [5.74, 6) is -0.314. The highest BCUT2D eigenvalue weighted by Gasteiger charge is 2.01. The van der Waals surface area contributed by atoms with Gasteiger partial charge in [-0.05, 0) is 25.1 Å². The van der Waals surface area contributed by atoms with Crippen molar-refractivity contribution in [2.45, 2.75) is 6.92 Å². The van der Waals surface area contributed by atoms with Crippen LogP contribution < -0.4 is 5.32 Å². The van der Waals surface area contributed by atoms with Crippen LogP contribution in [-0.2, 0) is 4.79 Å². The van der Waals surface area contributed by atoms with Crippen molar-refractivity contribution >= 4 is 17.4 Å². The number of carbonyl (C=O) groups excluding carboxylic acids is 2. The molecule has 1 aromatic carbocycles. The maximum absolute atomic E-state index is 11.0. The summed E-state index contributed by atoms with van der Waals surface area (Å²) in [6.45, 7) is 4.82. The van der Waals surface area contributed by atoms with Crippen LogP contribution in [0.15, 0.2) is 36.9 Å². The van der Waals surface area contributed by atoms with Crippen LogP contribution in [0.25, 0.3) is 0 Å². The summed E-state index contributed by atoms with van der Waals surface area (Å²) in [6.07, 6.45) is 1.18. The Morgan fingerprint density at radius 2 is 2.14 bits per heavy atom. The van der Waals surface area contributed by atoms with Gasteiger partial charge in [0, 0.05) is 11.3 Å². The summed E-state index contributed by atoms with van der Waals surface area (Å²) in [5, 5.41) is 2.58. The van der Waals surface area contributed by atoms with Crippen molar-refractivity contribution in [3.8, 4) is 0 Å². The highest BCUT2D eigenvalue weighted by Crippen LogP contribution is 2.10. The van der Waals surface area contributed by atoms with E-state index in [1.54, 1.807) is 24.3 Å². The van der Waals surface area contributed by atoms with Crippen LogP contribution in [0.3, 0.4) is 0 Å². The van der Waals surface area contributed by atoms with Gasteiger partial charge < -0.3 is 5.32 Å². The number of nitrogens with one attached hydrogen (secondary N) is 1. The van der Waals surface area contributed by atoms with E-state index in [0.29, 0.717) is 11.3 Å². The molecule has 14 heavy (non-hydrogen) atoms. The van der Waals surface area contributed by atoms with Gasteiger partial charge in [-0.1, -0.05) is 18.7 Å². The molecule has 0 saturated carbocycles. The number of benzene rings is 1. The Bertz CT molecular complexity index is 383. The number of hydrogen-bond acceptors (Lipinski definition) is 2. The predicted molar refractivity (Wildman–Crippen MR) is 55.3 cm³/mol. The lowest BCUT2D eigenvalue weighted by Crippen LogP contribution is -2.07. The van der Waals surface area contributed by atoms with Gasteiger partial charge in [0.25, 0.3) is 0 Å². The molecule has 3 nitrogen and oxygen atoms in total. The zero-order valence-electron chi connectivity index (χ0n) is 7.91. The minimum absolute atomic E-state index is 0.0281. The van der Waals surface area contributed by atoms with Gasteiger partial charge in [0.05, 0.1) is 0 Å². The third-order valence-corrected chi connectivity index (χ3v) is 1.72. The molecule has 1 aromatic rings. The lowest BCUT2D eigenvalue weighted by molar-refractivity contribution is -0.111. The molecule has 0 radical (unpaired) electrons. The average Bonchev–Trinajstić information content (AvgIpc) is 2.18. The first-order valence-corrected chi connectivity index (χ1v) is 4.18. The first kappa shape index (κ1) is 10.2. The topological polar surface area (TPSA) is 46.2 Å². The first-order valence-electron chi connectivity index (χ1n) is 4.18. The number of anilines is 1. The fraction of sp³-hybridized carbons (Fsp3) is 0.0909. The fourth-order valence-corrected chi connectivity index (χ4v) is 1.01. The molecule has 1 rings (SSSR count). The number of Topliss-reactive ketones (excluding diaryl/α,β-unsaturated/α-hetero) is 1. The average molecular weight is 189 g/mol.